The molecule has 8 nitrogen and oxygen atoms in total. The Bertz CT molecular complexity index is 1380. The molecule has 1 atom stereocenters. The van der Waals surface area contributed by atoms with Gasteiger partial charge in [0.1, 0.15) is 16.4 Å². The van der Waals surface area contributed by atoms with E-state index in [1.165, 1.54) is 4.90 Å². The number of aliphatic hydroxyl groups excluding tert-OH is 1. The smallest absolute Gasteiger partial charge is 0.350 e. The first kappa shape index (κ1) is 27.1. The van der Waals surface area contributed by atoms with E-state index in [0.717, 1.165) is 29.7 Å². The fourth-order valence-corrected chi connectivity index (χ4v) is 5.15. The Morgan fingerprint density at radius 1 is 1.05 bits per heavy atom. The van der Waals surface area contributed by atoms with Crippen LogP contribution in [0.2, 0.25) is 0 Å². The van der Waals surface area contributed by atoms with Crippen LogP contribution in [0.1, 0.15) is 64.8 Å². The monoisotopic (exact) mass is 534 g/mol. The largest absolute Gasteiger partial charge is 0.507 e. The number of ether oxygens (including phenoxy) is 2. The number of aromatic nitrogens is 1. The summed E-state index contributed by atoms with van der Waals surface area (Å²) in [5.74, 6) is -1.83. The van der Waals surface area contributed by atoms with Gasteiger partial charge < -0.3 is 14.6 Å². The number of anilines is 1. The summed E-state index contributed by atoms with van der Waals surface area (Å²) in [6.45, 7) is 8.12. The Hall–Kier alpha value is -3.98. The fourth-order valence-electron chi connectivity index (χ4n) is 4.16. The van der Waals surface area contributed by atoms with Gasteiger partial charge in [-0.3, -0.25) is 14.5 Å². The van der Waals surface area contributed by atoms with Crippen LogP contribution in [0.3, 0.4) is 0 Å². The Labute approximate surface area is 225 Å². The minimum Gasteiger partial charge on any atom is -0.507 e. The predicted octanol–water partition coefficient (Wildman–Crippen LogP) is 5.74. The third-order valence-electron chi connectivity index (χ3n) is 6.18. The molecule has 0 aliphatic carbocycles. The number of esters is 1. The van der Waals surface area contributed by atoms with Gasteiger partial charge in [-0.05, 0) is 44.9 Å². The highest BCUT2D eigenvalue weighted by Crippen LogP contribution is 2.44. The Kier molecular flexibility index (Phi) is 8.26. The van der Waals surface area contributed by atoms with Gasteiger partial charge in [-0.15, -0.1) is 0 Å². The summed E-state index contributed by atoms with van der Waals surface area (Å²) in [7, 11) is 0. The van der Waals surface area contributed by atoms with Crippen LogP contribution in [0.4, 0.5) is 5.13 Å². The number of aliphatic hydroxyl groups is 1. The minimum atomic E-state index is -0.957. The summed E-state index contributed by atoms with van der Waals surface area (Å²) < 4.78 is 10.9. The highest BCUT2D eigenvalue weighted by Gasteiger charge is 2.48. The molecule has 2 aromatic carbocycles. The summed E-state index contributed by atoms with van der Waals surface area (Å²) >= 11 is 0.976. The molecule has 0 saturated carbocycles. The summed E-state index contributed by atoms with van der Waals surface area (Å²) in [4.78, 5) is 45.2. The lowest BCUT2D eigenvalue weighted by molar-refractivity contribution is -0.132. The zero-order valence-electron chi connectivity index (χ0n) is 21.8. The first-order chi connectivity index (χ1) is 18.3. The van der Waals surface area contributed by atoms with E-state index >= 15 is 0 Å². The normalized spacial score (nSPS) is 16.6. The lowest BCUT2D eigenvalue weighted by atomic mass is 9.95. The summed E-state index contributed by atoms with van der Waals surface area (Å²) in [5.41, 5.74) is 2.33. The van der Waals surface area contributed by atoms with Gasteiger partial charge >= 0.3 is 11.9 Å². The number of thiazole rings is 1. The minimum absolute atomic E-state index is 0.0518. The number of unbranched alkanes of at least 4 members (excludes halogenated alkanes) is 1. The highest BCUT2D eigenvalue weighted by atomic mass is 32.1. The van der Waals surface area contributed by atoms with Crippen molar-refractivity contribution in [3.63, 3.8) is 0 Å². The van der Waals surface area contributed by atoms with Gasteiger partial charge in [0.25, 0.3) is 5.78 Å². The van der Waals surface area contributed by atoms with Crippen molar-refractivity contribution in [1.82, 2.24) is 4.98 Å². The molecule has 1 aliphatic heterocycles. The topological polar surface area (TPSA) is 106 Å². The van der Waals surface area contributed by atoms with Gasteiger partial charge in [-0.1, -0.05) is 66.6 Å². The number of rotatable bonds is 9. The van der Waals surface area contributed by atoms with Crippen molar-refractivity contribution in [2.24, 2.45) is 0 Å². The molecule has 0 radical (unpaired) electrons. The van der Waals surface area contributed by atoms with E-state index in [1.54, 1.807) is 50.2 Å². The van der Waals surface area contributed by atoms with Crippen LogP contribution in [0, 0.1) is 13.8 Å². The number of hydrogen-bond donors (Lipinski definition) is 1. The van der Waals surface area contributed by atoms with E-state index in [4.69, 9.17) is 9.47 Å². The van der Waals surface area contributed by atoms with Crippen LogP contribution in [0.5, 0.6) is 5.75 Å². The maximum absolute atomic E-state index is 13.4. The first-order valence-electron chi connectivity index (χ1n) is 12.5. The number of carbonyl (C=O) groups is 3. The third kappa shape index (κ3) is 5.33. The average molecular weight is 535 g/mol. The summed E-state index contributed by atoms with van der Waals surface area (Å²) in [6, 6.07) is 13.2. The molecular weight excluding hydrogens is 504 g/mol. The van der Waals surface area contributed by atoms with Gasteiger partial charge in [0, 0.05) is 5.56 Å². The van der Waals surface area contributed by atoms with E-state index < -0.39 is 23.7 Å². The molecule has 1 aromatic heterocycles. The highest BCUT2D eigenvalue weighted by molar-refractivity contribution is 7.17. The van der Waals surface area contributed by atoms with E-state index in [0.29, 0.717) is 29.2 Å². The lowest BCUT2D eigenvalue weighted by Gasteiger charge is -2.23. The van der Waals surface area contributed by atoms with Crippen molar-refractivity contribution in [3.8, 4) is 5.75 Å². The second-order valence-electron chi connectivity index (χ2n) is 8.94. The van der Waals surface area contributed by atoms with Gasteiger partial charge in [0.2, 0.25) is 0 Å². The zero-order chi connectivity index (χ0) is 27.4. The Morgan fingerprint density at radius 3 is 2.37 bits per heavy atom. The molecule has 1 saturated heterocycles. The number of benzene rings is 2. The van der Waals surface area contributed by atoms with Crippen LogP contribution in [-0.4, -0.2) is 41.0 Å². The molecule has 2 heterocycles. The number of carbonyl (C=O) groups excluding carboxylic acids is 3. The first-order valence-corrected chi connectivity index (χ1v) is 13.3. The molecule has 4 rings (SSSR count). The molecule has 1 N–H and O–H groups in total. The van der Waals surface area contributed by atoms with Gasteiger partial charge in [0.15, 0.2) is 5.13 Å². The number of aryl methyl sites for hydroxylation is 2. The molecule has 0 unspecified atom stereocenters. The molecule has 38 heavy (non-hydrogen) atoms. The quantitative estimate of drug-likeness (QED) is 0.123. The molecule has 0 bridgehead atoms. The third-order valence-corrected chi connectivity index (χ3v) is 7.32. The molecule has 1 aliphatic rings. The summed E-state index contributed by atoms with van der Waals surface area (Å²) in [6.07, 6.45) is 1.93. The average Bonchev–Trinajstić information content (AvgIpc) is 3.41. The number of ketones is 1. The standard InChI is InChI=1S/C29H30N2O6S/c1-5-7-16-37-21-14-12-19(13-15-21)23-22(24(32)20-10-8-17(3)9-11-20)25(33)27(34)31(23)29-30-18(4)26(38-29)28(35)36-6-2/h8-15,23,32H,5-7,16H2,1-4H3/t23-/m0/s1. The zero-order valence-corrected chi connectivity index (χ0v) is 22.6. The van der Waals surface area contributed by atoms with E-state index in [9.17, 15) is 19.5 Å². The van der Waals surface area contributed by atoms with Crippen molar-refractivity contribution in [3.05, 3.63) is 81.4 Å². The SMILES string of the molecule is CCCCOc1ccc([C@H]2C(=C(O)c3ccc(C)cc3)C(=O)C(=O)N2c2nc(C)c(C(=O)OCC)s2)cc1. The van der Waals surface area contributed by atoms with E-state index in [-0.39, 0.29) is 27.9 Å². The molecule has 1 amide bonds. The van der Waals surface area contributed by atoms with Gasteiger partial charge in [-0.25, -0.2) is 9.78 Å². The van der Waals surface area contributed by atoms with Crippen molar-refractivity contribution in [1.29, 1.82) is 0 Å². The molecular formula is C29H30N2O6S. The maximum Gasteiger partial charge on any atom is 0.350 e. The molecule has 9 heteroatoms. The molecule has 198 valence electrons. The number of nitrogens with zero attached hydrogens (tertiary/aromatic N) is 2. The van der Waals surface area contributed by atoms with Crippen molar-refractivity contribution < 1.29 is 29.0 Å². The van der Waals surface area contributed by atoms with Crippen LogP contribution >= 0.6 is 11.3 Å². The van der Waals surface area contributed by atoms with Crippen molar-refractivity contribution in [2.75, 3.05) is 18.1 Å². The van der Waals surface area contributed by atoms with Crippen LogP contribution < -0.4 is 9.64 Å². The van der Waals surface area contributed by atoms with E-state index in [2.05, 4.69) is 11.9 Å². The summed E-state index contributed by atoms with van der Waals surface area (Å²) in [5, 5.41) is 11.4. The number of amides is 1. The second kappa shape index (κ2) is 11.6. The van der Waals surface area contributed by atoms with Crippen LogP contribution in [0.15, 0.2) is 54.1 Å². The van der Waals surface area contributed by atoms with E-state index in [1.807, 2.05) is 19.1 Å². The Balaban J connectivity index is 1.83. The van der Waals surface area contributed by atoms with Gasteiger partial charge in [-0.2, -0.15) is 0 Å². The molecule has 0 spiro atoms. The fraction of sp³-hybridized carbons (Fsp3) is 0.310. The molecule has 1 fully saturated rings. The Morgan fingerprint density at radius 2 is 1.74 bits per heavy atom. The maximum atomic E-state index is 13.4. The molecule has 3 aromatic rings. The predicted molar refractivity (Wildman–Crippen MR) is 146 cm³/mol. The van der Waals surface area contributed by atoms with Crippen LogP contribution in [0.25, 0.3) is 5.76 Å². The number of Topliss-reactive ketones (excluding diaryl/α,β-unsaturated/α-hetero) is 1. The lowest BCUT2D eigenvalue weighted by Crippen LogP contribution is -2.29. The van der Waals surface area contributed by atoms with Crippen molar-refractivity contribution >= 4 is 39.9 Å². The van der Waals surface area contributed by atoms with Crippen LogP contribution in [-0.2, 0) is 14.3 Å². The van der Waals surface area contributed by atoms with Gasteiger partial charge in [0.05, 0.1) is 30.5 Å². The van der Waals surface area contributed by atoms with Crippen molar-refractivity contribution in [2.45, 2.75) is 46.6 Å². The number of hydrogen-bond acceptors (Lipinski definition) is 8. The second-order valence-corrected chi connectivity index (χ2v) is 9.92.